The number of carbonyl (C=O) groups excluding carboxylic acids is 2. The Balaban J connectivity index is 4.34. The number of hydrogen-bond acceptors (Lipinski definition) is 6. The normalized spacial score (nSPS) is 13.0. The van der Waals surface area contributed by atoms with Crippen molar-refractivity contribution >= 4 is 30.4 Å². The van der Waals surface area contributed by atoms with Crippen molar-refractivity contribution < 1.29 is 23.2 Å². The molecule has 0 rings (SSSR count). The van der Waals surface area contributed by atoms with Crippen molar-refractivity contribution in [3.8, 4) is 0 Å². The highest BCUT2D eigenvalue weighted by atomic mass is 32.2. The van der Waals surface area contributed by atoms with Crippen LogP contribution in [0.15, 0.2) is 0 Å². The van der Waals surface area contributed by atoms with Gasteiger partial charge in [0.05, 0.1) is 19.4 Å². The van der Waals surface area contributed by atoms with Gasteiger partial charge in [0.15, 0.2) is 5.12 Å². The van der Waals surface area contributed by atoms with Crippen LogP contribution >= 0.6 is 19.4 Å². The van der Waals surface area contributed by atoms with E-state index in [1.165, 1.54) is 25.6 Å². The molecule has 0 aromatic rings. The summed E-state index contributed by atoms with van der Waals surface area (Å²) in [5.41, 5.74) is 0. The molecule has 0 aromatic carbocycles. The van der Waals surface area contributed by atoms with Crippen LogP contribution in [-0.4, -0.2) is 42.2 Å². The van der Waals surface area contributed by atoms with Crippen LogP contribution in [0.3, 0.4) is 0 Å². The number of hydrogen-bond donors (Lipinski definition) is 1. The molecule has 0 aromatic heterocycles. The Labute approximate surface area is 131 Å². The first-order chi connectivity index (χ1) is 9.83. The zero-order valence-corrected chi connectivity index (χ0v) is 14.9. The lowest BCUT2D eigenvalue weighted by Gasteiger charge is -2.20. The predicted octanol–water partition coefficient (Wildman–Crippen LogP) is 2.82. The Morgan fingerprint density at radius 3 is 2.19 bits per heavy atom. The SMILES string of the molecule is CCOP(=O)(CCCC(CSC(C)=O)NC(C)=O)OCC. The molecule has 0 saturated carbocycles. The molecule has 0 radical (unpaired) electrons. The number of thioether (sulfide) groups is 1. The lowest BCUT2D eigenvalue weighted by atomic mass is 10.2. The second-order valence-corrected chi connectivity index (χ2v) is 7.89. The molecule has 0 aliphatic carbocycles. The van der Waals surface area contributed by atoms with Crippen LogP contribution < -0.4 is 5.32 Å². The third kappa shape index (κ3) is 10.9. The van der Waals surface area contributed by atoms with Crippen LogP contribution in [0.25, 0.3) is 0 Å². The fourth-order valence-corrected chi connectivity index (χ4v) is 4.17. The van der Waals surface area contributed by atoms with Crippen LogP contribution in [0.1, 0.15) is 40.5 Å². The fraction of sp³-hybridized carbons (Fsp3) is 0.846. The standard InChI is InChI=1S/C13H26NO5PS/c1-5-18-20(17,19-6-2)9-7-8-13(14-11(3)15)10-21-12(4)16/h13H,5-10H2,1-4H3,(H,14,15). The summed E-state index contributed by atoms with van der Waals surface area (Å²) in [6.45, 7) is 7.16. The molecule has 1 amide bonds. The van der Waals surface area contributed by atoms with Gasteiger partial charge >= 0.3 is 7.60 Å². The topological polar surface area (TPSA) is 81.7 Å². The van der Waals surface area contributed by atoms with E-state index in [4.69, 9.17) is 9.05 Å². The van der Waals surface area contributed by atoms with Crippen molar-refractivity contribution in [1.82, 2.24) is 5.32 Å². The molecule has 0 spiro atoms. The lowest BCUT2D eigenvalue weighted by molar-refractivity contribution is -0.119. The Morgan fingerprint density at radius 1 is 1.19 bits per heavy atom. The van der Waals surface area contributed by atoms with Crippen molar-refractivity contribution in [2.75, 3.05) is 25.1 Å². The average molecular weight is 339 g/mol. The molecule has 1 atom stereocenters. The Kier molecular flexibility index (Phi) is 11.0. The quantitative estimate of drug-likeness (QED) is 0.583. The summed E-state index contributed by atoms with van der Waals surface area (Å²) in [4.78, 5) is 22.2. The van der Waals surface area contributed by atoms with Crippen LogP contribution in [0.5, 0.6) is 0 Å². The zero-order valence-electron chi connectivity index (χ0n) is 13.2. The number of amides is 1. The first-order valence-corrected chi connectivity index (χ1v) is 9.83. The molecule has 0 aliphatic heterocycles. The molecule has 0 saturated heterocycles. The van der Waals surface area contributed by atoms with Crippen molar-refractivity contribution in [3.05, 3.63) is 0 Å². The highest BCUT2D eigenvalue weighted by molar-refractivity contribution is 8.13. The second kappa shape index (κ2) is 11.2. The molecule has 1 N–H and O–H groups in total. The van der Waals surface area contributed by atoms with Crippen LogP contribution in [-0.2, 0) is 23.2 Å². The van der Waals surface area contributed by atoms with Gasteiger partial charge in [-0.2, -0.15) is 0 Å². The van der Waals surface area contributed by atoms with Crippen LogP contribution in [0.2, 0.25) is 0 Å². The Bertz CT molecular complexity index is 368. The van der Waals surface area contributed by atoms with E-state index in [9.17, 15) is 14.2 Å². The van der Waals surface area contributed by atoms with Gasteiger partial charge in [-0.1, -0.05) is 11.8 Å². The minimum atomic E-state index is -3.03. The molecule has 0 heterocycles. The summed E-state index contributed by atoms with van der Waals surface area (Å²) in [5.74, 6) is 0.379. The van der Waals surface area contributed by atoms with E-state index in [0.29, 0.717) is 38.0 Å². The molecule has 0 aliphatic rings. The summed E-state index contributed by atoms with van der Waals surface area (Å²) in [6.07, 6.45) is 1.54. The molecular weight excluding hydrogens is 313 g/mol. The number of nitrogens with one attached hydrogen (secondary N) is 1. The second-order valence-electron chi connectivity index (χ2n) is 4.51. The van der Waals surface area contributed by atoms with E-state index in [-0.39, 0.29) is 17.1 Å². The van der Waals surface area contributed by atoms with Gasteiger partial charge in [-0.05, 0) is 26.7 Å². The maximum absolute atomic E-state index is 12.3. The summed E-state index contributed by atoms with van der Waals surface area (Å²) in [6, 6.07) is -0.117. The molecule has 6 nitrogen and oxygen atoms in total. The summed E-state index contributed by atoms with van der Waals surface area (Å²) >= 11 is 1.17. The van der Waals surface area contributed by atoms with Gasteiger partial charge in [0.25, 0.3) is 0 Å². The van der Waals surface area contributed by atoms with E-state index < -0.39 is 7.60 Å². The van der Waals surface area contributed by atoms with Crippen LogP contribution in [0.4, 0.5) is 0 Å². The van der Waals surface area contributed by atoms with E-state index in [0.717, 1.165) is 0 Å². The van der Waals surface area contributed by atoms with Crippen molar-refractivity contribution in [3.63, 3.8) is 0 Å². The Morgan fingerprint density at radius 2 is 1.76 bits per heavy atom. The molecular formula is C13H26NO5PS. The monoisotopic (exact) mass is 339 g/mol. The molecule has 21 heavy (non-hydrogen) atoms. The third-order valence-corrected chi connectivity index (χ3v) is 5.67. The lowest BCUT2D eigenvalue weighted by Crippen LogP contribution is -2.35. The van der Waals surface area contributed by atoms with E-state index in [1.54, 1.807) is 13.8 Å². The van der Waals surface area contributed by atoms with Gasteiger partial charge in [-0.15, -0.1) is 0 Å². The maximum Gasteiger partial charge on any atom is 0.330 e. The predicted molar refractivity (Wildman–Crippen MR) is 85.7 cm³/mol. The van der Waals surface area contributed by atoms with Crippen molar-refractivity contribution in [2.24, 2.45) is 0 Å². The van der Waals surface area contributed by atoms with E-state index in [2.05, 4.69) is 5.32 Å². The molecule has 124 valence electrons. The smallest absolute Gasteiger partial charge is 0.330 e. The average Bonchev–Trinajstić information content (AvgIpc) is 2.35. The maximum atomic E-state index is 12.3. The minimum Gasteiger partial charge on any atom is -0.353 e. The summed E-state index contributed by atoms with van der Waals surface area (Å²) in [5, 5.41) is 2.82. The molecule has 1 unspecified atom stereocenters. The van der Waals surface area contributed by atoms with Gasteiger partial charge in [0, 0.05) is 25.6 Å². The minimum absolute atomic E-state index is 0.0136. The van der Waals surface area contributed by atoms with Gasteiger partial charge in [-0.25, -0.2) is 0 Å². The summed E-state index contributed by atoms with van der Waals surface area (Å²) in [7, 11) is -3.03. The third-order valence-electron chi connectivity index (χ3n) is 2.53. The summed E-state index contributed by atoms with van der Waals surface area (Å²) < 4.78 is 22.7. The van der Waals surface area contributed by atoms with Crippen molar-refractivity contribution in [1.29, 1.82) is 0 Å². The highest BCUT2D eigenvalue weighted by Crippen LogP contribution is 2.48. The van der Waals surface area contributed by atoms with Gasteiger partial charge < -0.3 is 14.4 Å². The zero-order chi connectivity index (χ0) is 16.3. The largest absolute Gasteiger partial charge is 0.353 e. The van der Waals surface area contributed by atoms with E-state index >= 15 is 0 Å². The van der Waals surface area contributed by atoms with Gasteiger partial charge in [-0.3, -0.25) is 14.2 Å². The number of rotatable bonds is 11. The first kappa shape index (κ1) is 20.6. The van der Waals surface area contributed by atoms with E-state index in [1.807, 2.05) is 0 Å². The molecule has 0 bridgehead atoms. The number of carbonyl (C=O) groups is 2. The molecule has 0 fully saturated rings. The van der Waals surface area contributed by atoms with Gasteiger partial charge in [0.2, 0.25) is 5.91 Å². The fourth-order valence-electron chi connectivity index (χ4n) is 1.79. The Hall–Kier alpha value is -0.360. The van der Waals surface area contributed by atoms with Crippen LogP contribution in [0, 0.1) is 0 Å². The molecule has 8 heteroatoms. The van der Waals surface area contributed by atoms with Gasteiger partial charge in [0.1, 0.15) is 0 Å². The van der Waals surface area contributed by atoms with Crippen molar-refractivity contribution in [2.45, 2.75) is 46.6 Å². The highest BCUT2D eigenvalue weighted by Gasteiger charge is 2.23. The first-order valence-electron chi connectivity index (χ1n) is 7.11.